The Hall–Kier alpha value is -1.36. The van der Waals surface area contributed by atoms with Gasteiger partial charge in [-0.1, -0.05) is 6.92 Å². The topological polar surface area (TPSA) is 72.9 Å². The van der Waals surface area contributed by atoms with Gasteiger partial charge < -0.3 is 11.1 Å². The van der Waals surface area contributed by atoms with Gasteiger partial charge in [0.25, 0.3) is 0 Å². The van der Waals surface area contributed by atoms with E-state index in [4.69, 9.17) is 5.73 Å². The molecule has 0 aliphatic heterocycles. The van der Waals surface area contributed by atoms with Crippen LogP contribution in [0.3, 0.4) is 0 Å². The SMILES string of the molecule is CC(CN)CCC(=O)Nc1ccn(C)n1. The number of nitrogens with two attached hydrogens (primary N) is 1. The van der Waals surface area contributed by atoms with Crippen molar-refractivity contribution in [2.24, 2.45) is 18.7 Å². The van der Waals surface area contributed by atoms with Gasteiger partial charge in [-0.15, -0.1) is 0 Å². The number of carbonyl (C=O) groups is 1. The van der Waals surface area contributed by atoms with E-state index in [2.05, 4.69) is 10.4 Å². The maximum Gasteiger partial charge on any atom is 0.225 e. The highest BCUT2D eigenvalue weighted by atomic mass is 16.1. The van der Waals surface area contributed by atoms with Crippen LogP contribution < -0.4 is 11.1 Å². The van der Waals surface area contributed by atoms with E-state index in [1.54, 1.807) is 16.9 Å². The predicted octanol–water partition coefficient (Wildman–Crippen LogP) is 0.734. The number of rotatable bonds is 5. The van der Waals surface area contributed by atoms with Crippen LogP contribution in [0.4, 0.5) is 5.82 Å². The number of aromatic nitrogens is 2. The van der Waals surface area contributed by atoms with Crippen molar-refractivity contribution in [3.8, 4) is 0 Å². The summed E-state index contributed by atoms with van der Waals surface area (Å²) in [5.74, 6) is 0.983. The van der Waals surface area contributed by atoms with Gasteiger partial charge in [-0.25, -0.2) is 0 Å². The number of anilines is 1. The first-order valence-corrected chi connectivity index (χ1v) is 5.11. The summed E-state index contributed by atoms with van der Waals surface area (Å²) in [6.07, 6.45) is 3.10. The fourth-order valence-electron chi connectivity index (χ4n) is 1.18. The number of nitrogens with one attached hydrogen (secondary N) is 1. The van der Waals surface area contributed by atoms with Crippen molar-refractivity contribution in [1.82, 2.24) is 9.78 Å². The van der Waals surface area contributed by atoms with Gasteiger partial charge in [0.1, 0.15) is 0 Å². The molecular formula is C10H18N4O. The number of carbonyl (C=O) groups excluding carboxylic acids is 1. The summed E-state index contributed by atoms with van der Waals surface area (Å²) in [4.78, 5) is 11.4. The molecule has 84 valence electrons. The van der Waals surface area contributed by atoms with Crippen LogP contribution in [0.5, 0.6) is 0 Å². The molecule has 0 aliphatic carbocycles. The van der Waals surface area contributed by atoms with Crippen LogP contribution in [0, 0.1) is 5.92 Å². The van der Waals surface area contributed by atoms with E-state index < -0.39 is 0 Å². The Kier molecular flexibility index (Phi) is 4.30. The monoisotopic (exact) mass is 210 g/mol. The van der Waals surface area contributed by atoms with Crippen LogP contribution in [-0.4, -0.2) is 22.2 Å². The largest absolute Gasteiger partial charge is 0.330 e. The quantitative estimate of drug-likeness (QED) is 0.752. The van der Waals surface area contributed by atoms with Gasteiger partial charge in [0.05, 0.1) is 0 Å². The summed E-state index contributed by atoms with van der Waals surface area (Å²) < 4.78 is 1.65. The van der Waals surface area contributed by atoms with Crippen LogP contribution >= 0.6 is 0 Å². The Morgan fingerprint density at radius 3 is 3.00 bits per heavy atom. The maximum atomic E-state index is 11.4. The highest BCUT2D eigenvalue weighted by Crippen LogP contribution is 2.06. The standard InChI is InChI=1S/C10H18N4O/c1-8(7-11)3-4-10(15)12-9-5-6-14(2)13-9/h5-6,8H,3-4,7,11H2,1-2H3,(H,12,13,15). The van der Waals surface area contributed by atoms with Gasteiger partial charge >= 0.3 is 0 Å². The number of nitrogens with zero attached hydrogens (tertiary/aromatic N) is 2. The van der Waals surface area contributed by atoms with Crippen LogP contribution in [0.15, 0.2) is 12.3 Å². The van der Waals surface area contributed by atoms with Gasteiger partial charge in [0.2, 0.25) is 5.91 Å². The lowest BCUT2D eigenvalue weighted by atomic mass is 10.1. The van der Waals surface area contributed by atoms with Gasteiger partial charge in [-0.2, -0.15) is 5.10 Å². The highest BCUT2D eigenvalue weighted by Gasteiger charge is 2.06. The summed E-state index contributed by atoms with van der Waals surface area (Å²) in [5.41, 5.74) is 5.47. The lowest BCUT2D eigenvalue weighted by Gasteiger charge is -2.07. The van der Waals surface area contributed by atoms with E-state index in [1.807, 2.05) is 14.0 Å². The Labute approximate surface area is 89.6 Å². The molecule has 5 heteroatoms. The van der Waals surface area contributed by atoms with Crippen LogP contribution in [-0.2, 0) is 11.8 Å². The molecule has 15 heavy (non-hydrogen) atoms. The molecule has 0 saturated heterocycles. The number of aryl methyl sites for hydroxylation is 1. The van der Waals surface area contributed by atoms with Crippen molar-refractivity contribution in [2.45, 2.75) is 19.8 Å². The highest BCUT2D eigenvalue weighted by molar-refractivity contribution is 5.89. The van der Waals surface area contributed by atoms with E-state index in [-0.39, 0.29) is 5.91 Å². The third kappa shape index (κ3) is 4.12. The minimum absolute atomic E-state index is 0.00556. The second kappa shape index (κ2) is 5.50. The van der Waals surface area contributed by atoms with Gasteiger partial charge in [0.15, 0.2) is 5.82 Å². The molecule has 0 aliphatic rings. The van der Waals surface area contributed by atoms with Crippen molar-refractivity contribution in [2.75, 3.05) is 11.9 Å². The third-order valence-electron chi connectivity index (χ3n) is 2.25. The predicted molar refractivity (Wildman–Crippen MR) is 59.3 cm³/mol. The number of amides is 1. The van der Waals surface area contributed by atoms with Crippen LogP contribution in [0.25, 0.3) is 0 Å². The summed E-state index contributed by atoms with van der Waals surface area (Å²) in [5, 5.41) is 6.79. The molecule has 1 rings (SSSR count). The molecule has 5 nitrogen and oxygen atoms in total. The minimum atomic E-state index is -0.00556. The number of hydrogen-bond donors (Lipinski definition) is 2. The molecule has 1 amide bonds. The van der Waals surface area contributed by atoms with E-state index in [0.29, 0.717) is 24.7 Å². The first-order valence-electron chi connectivity index (χ1n) is 5.11. The molecule has 1 unspecified atom stereocenters. The number of hydrogen-bond acceptors (Lipinski definition) is 3. The minimum Gasteiger partial charge on any atom is -0.330 e. The molecule has 1 aromatic rings. The zero-order chi connectivity index (χ0) is 11.3. The van der Waals surface area contributed by atoms with Crippen LogP contribution in [0.2, 0.25) is 0 Å². The van der Waals surface area contributed by atoms with Crippen molar-refractivity contribution < 1.29 is 4.79 Å². The Morgan fingerprint density at radius 1 is 1.73 bits per heavy atom. The van der Waals surface area contributed by atoms with E-state index in [9.17, 15) is 4.79 Å². The fourth-order valence-corrected chi connectivity index (χ4v) is 1.18. The normalized spacial score (nSPS) is 12.5. The van der Waals surface area contributed by atoms with Gasteiger partial charge in [-0.3, -0.25) is 9.48 Å². The molecule has 1 aromatic heterocycles. The second-order valence-electron chi connectivity index (χ2n) is 3.80. The van der Waals surface area contributed by atoms with Gasteiger partial charge in [0, 0.05) is 25.7 Å². The Morgan fingerprint density at radius 2 is 2.47 bits per heavy atom. The van der Waals surface area contributed by atoms with E-state index in [1.165, 1.54) is 0 Å². The zero-order valence-electron chi connectivity index (χ0n) is 9.23. The lowest BCUT2D eigenvalue weighted by molar-refractivity contribution is -0.116. The maximum absolute atomic E-state index is 11.4. The van der Waals surface area contributed by atoms with E-state index in [0.717, 1.165) is 6.42 Å². The summed E-state index contributed by atoms with van der Waals surface area (Å²) in [7, 11) is 1.81. The Bertz CT molecular complexity index is 321. The average molecular weight is 210 g/mol. The van der Waals surface area contributed by atoms with Crippen LogP contribution in [0.1, 0.15) is 19.8 Å². The molecule has 0 aromatic carbocycles. The zero-order valence-corrected chi connectivity index (χ0v) is 9.23. The third-order valence-corrected chi connectivity index (χ3v) is 2.25. The smallest absolute Gasteiger partial charge is 0.225 e. The van der Waals surface area contributed by atoms with Gasteiger partial charge in [-0.05, 0) is 18.9 Å². The average Bonchev–Trinajstić information content (AvgIpc) is 2.60. The van der Waals surface area contributed by atoms with Crippen molar-refractivity contribution in [3.05, 3.63) is 12.3 Å². The summed E-state index contributed by atoms with van der Waals surface area (Å²) in [6.45, 7) is 2.66. The van der Waals surface area contributed by atoms with Crippen molar-refractivity contribution >= 4 is 11.7 Å². The molecule has 3 N–H and O–H groups in total. The first kappa shape index (κ1) is 11.7. The molecule has 1 heterocycles. The van der Waals surface area contributed by atoms with Crippen molar-refractivity contribution in [1.29, 1.82) is 0 Å². The summed E-state index contributed by atoms with van der Waals surface area (Å²) in [6, 6.07) is 1.77. The summed E-state index contributed by atoms with van der Waals surface area (Å²) >= 11 is 0. The Balaban J connectivity index is 2.30. The molecule has 0 radical (unpaired) electrons. The molecular weight excluding hydrogens is 192 g/mol. The lowest BCUT2D eigenvalue weighted by Crippen LogP contribution is -2.16. The second-order valence-corrected chi connectivity index (χ2v) is 3.80. The molecule has 0 bridgehead atoms. The van der Waals surface area contributed by atoms with Crippen molar-refractivity contribution in [3.63, 3.8) is 0 Å². The molecule has 1 atom stereocenters. The molecule has 0 spiro atoms. The fraction of sp³-hybridized carbons (Fsp3) is 0.600. The van der Waals surface area contributed by atoms with E-state index >= 15 is 0 Å². The molecule has 0 fully saturated rings. The first-order chi connectivity index (χ1) is 7.11. The molecule has 0 saturated carbocycles.